The van der Waals surface area contributed by atoms with Crippen molar-refractivity contribution in [2.45, 2.75) is 53.3 Å². The molecule has 0 radical (unpaired) electrons. The second kappa shape index (κ2) is 14.9. The maximum atomic E-state index is 13.3. The number of ether oxygens (including phenoxy) is 6. The van der Waals surface area contributed by atoms with Gasteiger partial charge in [0.25, 0.3) is 0 Å². The van der Waals surface area contributed by atoms with Crippen molar-refractivity contribution in [3.8, 4) is 0 Å². The molecule has 2 aromatic carbocycles. The number of halogens is 2. The summed E-state index contributed by atoms with van der Waals surface area (Å²) in [7, 11) is 1.20. The van der Waals surface area contributed by atoms with E-state index < -0.39 is 71.2 Å². The van der Waals surface area contributed by atoms with Crippen LogP contribution in [0.25, 0.3) is 0 Å². The zero-order chi connectivity index (χ0) is 30.1. The molecule has 14 heteroatoms. The predicted molar refractivity (Wildman–Crippen MR) is 151 cm³/mol. The van der Waals surface area contributed by atoms with E-state index in [-0.39, 0.29) is 19.6 Å². The minimum atomic E-state index is -1.74. The summed E-state index contributed by atoms with van der Waals surface area (Å²) in [5.41, 5.74) is 0.837. The van der Waals surface area contributed by atoms with Crippen LogP contribution in [-0.2, 0) is 49.4 Å². The number of alkyl carbamates (subject to hydrolysis) is 1. The minimum absolute atomic E-state index is 0.0913. The number of carbonyl (C=O) groups is 4. The summed E-state index contributed by atoms with van der Waals surface area (Å²) in [6, 6.07) is 17.2. The Hall–Kier alpha value is -3.03. The smallest absolute Gasteiger partial charge is 0.407 e. The quantitative estimate of drug-likeness (QED) is 0.196. The number of thioether (sulfide) groups is 1. The van der Waals surface area contributed by atoms with Crippen molar-refractivity contribution in [2.75, 3.05) is 25.5 Å². The van der Waals surface area contributed by atoms with Crippen molar-refractivity contribution in [3.63, 3.8) is 0 Å². The molecule has 2 aliphatic heterocycles. The Morgan fingerprint density at radius 3 is 2.31 bits per heavy atom. The first-order valence-corrected chi connectivity index (χ1v) is 14.8. The highest BCUT2D eigenvalue weighted by Gasteiger charge is 2.60. The van der Waals surface area contributed by atoms with E-state index in [1.165, 1.54) is 7.11 Å². The van der Waals surface area contributed by atoms with Gasteiger partial charge in [-0.15, -0.1) is 23.2 Å². The van der Waals surface area contributed by atoms with Crippen LogP contribution in [-0.4, -0.2) is 84.9 Å². The van der Waals surface area contributed by atoms with Crippen molar-refractivity contribution in [1.82, 2.24) is 5.32 Å². The Morgan fingerprint density at radius 1 is 1.02 bits per heavy atom. The van der Waals surface area contributed by atoms with Gasteiger partial charge in [-0.05, 0) is 17.7 Å². The van der Waals surface area contributed by atoms with Crippen LogP contribution in [0, 0.1) is 0 Å². The van der Waals surface area contributed by atoms with Crippen LogP contribution in [0.3, 0.4) is 0 Å². The number of rotatable bonds is 13. The van der Waals surface area contributed by atoms with E-state index in [1.807, 2.05) is 36.4 Å². The molecule has 2 aliphatic rings. The second-order valence-electron chi connectivity index (χ2n) is 9.31. The van der Waals surface area contributed by atoms with Crippen LogP contribution in [0.15, 0.2) is 65.6 Å². The number of hydrogen-bond acceptors (Lipinski definition) is 11. The van der Waals surface area contributed by atoms with E-state index in [9.17, 15) is 19.2 Å². The molecular weight excluding hydrogens is 613 g/mol. The summed E-state index contributed by atoms with van der Waals surface area (Å²) in [5.74, 6) is -3.50. The van der Waals surface area contributed by atoms with E-state index in [0.29, 0.717) is 4.90 Å². The van der Waals surface area contributed by atoms with Crippen LogP contribution < -0.4 is 5.32 Å². The van der Waals surface area contributed by atoms with Gasteiger partial charge in [-0.2, -0.15) is 0 Å². The molecule has 4 rings (SSSR count). The first kappa shape index (κ1) is 31.9. The van der Waals surface area contributed by atoms with Crippen LogP contribution >= 0.6 is 35.0 Å². The Morgan fingerprint density at radius 2 is 1.67 bits per heavy atom. The largest absolute Gasteiger partial charge is 0.466 e. The van der Waals surface area contributed by atoms with E-state index in [2.05, 4.69) is 5.32 Å². The van der Waals surface area contributed by atoms with E-state index in [0.717, 1.165) is 17.3 Å². The maximum absolute atomic E-state index is 13.3. The molecule has 0 aliphatic carbocycles. The van der Waals surface area contributed by atoms with Gasteiger partial charge >= 0.3 is 24.0 Å². The highest BCUT2D eigenvalue weighted by molar-refractivity contribution is 8.01. The van der Waals surface area contributed by atoms with Crippen LogP contribution in [0.4, 0.5) is 4.79 Å². The molecule has 2 saturated heterocycles. The minimum Gasteiger partial charge on any atom is -0.466 e. The first-order chi connectivity index (χ1) is 20.3. The van der Waals surface area contributed by atoms with Crippen LogP contribution in [0.5, 0.6) is 0 Å². The fraction of sp³-hybridized carbons (Fsp3) is 0.429. The number of amides is 1. The molecule has 0 unspecified atom stereocenters. The van der Waals surface area contributed by atoms with Crippen LogP contribution in [0.2, 0.25) is 0 Å². The molecule has 42 heavy (non-hydrogen) atoms. The standard InChI is InChI=1S/C28H29Cl2NO10S/c1-36-26(34)28(42-18-10-6-3-7-11-18)12-19-23(31-27(35)39-19)25(41-28)24(40-22(33)14-30)20(38-21(32)13-29)16-37-15-17-8-4-2-5-9-17/h2-11,19-20,23-25H,12-16H2,1H3,(H,31,35)/t19-,20+,23+,24+,25+,28+/m0/s1. The third kappa shape index (κ3) is 7.87. The molecule has 2 aromatic rings. The van der Waals surface area contributed by atoms with Crippen molar-refractivity contribution in [1.29, 1.82) is 0 Å². The zero-order valence-corrected chi connectivity index (χ0v) is 24.8. The van der Waals surface area contributed by atoms with Gasteiger partial charge in [-0.1, -0.05) is 60.3 Å². The average molecular weight is 643 g/mol. The normalized spacial score (nSPS) is 24.4. The SMILES string of the molecule is COC(=O)[C@]1(Sc2ccccc2)C[C@@H]2OC(=O)N[C@H]2[C@H]([C@H](OC(=O)CCl)[C@@H](COCc2ccccc2)OC(=O)CCl)O1. The molecular formula is C28H29Cl2NO10S. The molecule has 2 heterocycles. The molecule has 11 nitrogen and oxygen atoms in total. The average Bonchev–Trinajstić information content (AvgIpc) is 3.39. The second-order valence-corrected chi connectivity index (χ2v) is 11.2. The summed E-state index contributed by atoms with van der Waals surface area (Å²) >= 11 is 12.6. The number of hydrogen-bond donors (Lipinski definition) is 1. The molecule has 2 fully saturated rings. The lowest BCUT2D eigenvalue weighted by atomic mass is 9.90. The van der Waals surface area contributed by atoms with Gasteiger partial charge < -0.3 is 33.7 Å². The molecule has 0 saturated carbocycles. The van der Waals surface area contributed by atoms with E-state index in [4.69, 9.17) is 51.6 Å². The lowest BCUT2D eigenvalue weighted by Gasteiger charge is -2.45. The molecule has 0 aromatic heterocycles. The molecule has 226 valence electrons. The van der Waals surface area contributed by atoms with E-state index in [1.54, 1.807) is 24.3 Å². The van der Waals surface area contributed by atoms with E-state index >= 15 is 0 Å². The maximum Gasteiger partial charge on any atom is 0.407 e. The summed E-state index contributed by atoms with van der Waals surface area (Å²) in [4.78, 5) is 49.7. The molecule has 6 atom stereocenters. The summed E-state index contributed by atoms with van der Waals surface area (Å²) < 4.78 is 34.2. The monoisotopic (exact) mass is 641 g/mol. The van der Waals surface area contributed by atoms with Crippen molar-refractivity contribution in [3.05, 3.63) is 66.2 Å². The third-order valence-corrected chi connectivity index (χ3v) is 8.17. The van der Waals surface area contributed by atoms with Gasteiger partial charge in [0.05, 0.1) is 26.4 Å². The number of fused-ring (bicyclic) bond motifs is 1. The van der Waals surface area contributed by atoms with Crippen LogP contribution in [0.1, 0.15) is 12.0 Å². The Kier molecular flexibility index (Phi) is 11.3. The third-order valence-electron chi connectivity index (χ3n) is 6.47. The number of methoxy groups -OCH3 is 1. The number of benzene rings is 2. The Labute approximate surface area is 256 Å². The van der Waals surface area contributed by atoms with Gasteiger partial charge in [0.2, 0.25) is 4.93 Å². The van der Waals surface area contributed by atoms with Crippen molar-refractivity contribution < 1.29 is 47.6 Å². The van der Waals surface area contributed by atoms with Crippen molar-refractivity contribution >= 4 is 59.0 Å². The molecule has 1 amide bonds. The summed E-state index contributed by atoms with van der Waals surface area (Å²) in [5, 5.41) is 2.66. The van der Waals surface area contributed by atoms with Gasteiger partial charge in [-0.25, -0.2) is 9.59 Å². The predicted octanol–water partition coefficient (Wildman–Crippen LogP) is 3.43. The fourth-order valence-corrected chi connectivity index (χ4v) is 6.06. The van der Waals surface area contributed by atoms with Gasteiger partial charge in [0.1, 0.15) is 24.0 Å². The Bertz CT molecular complexity index is 1240. The van der Waals surface area contributed by atoms with Crippen molar-refractivity contribution in [2.24, 2.45) is 0 Å². The zero-order valence-electron chi connectivity index (χ0n) is 22.4. The van der Waals surface area contributed by atoms with Gasteiger partial charge in [-0.3, -0.25) is 9.59 Å². The number of alkyl halides is 2. The molecule has 0 bridgehead atoms. The number of carbonyl (C=O) groups excluding carboxylic acids is 4. The first-order valence-electron chi connectivity index (χ1n) is 12.9. The highest BCUT2D eigenvalue weighted by atomic mass is 35.5. The topological polar surface area (TPSA) is 136 Å². The van der Waals surface area contributed by atoms with Gasteiger partial charge in [0.15, 0.2) is 12.2 Å². The molecule has 0 spiro atoms. The summed E-state index contributed by atoms with van der Waals surface area (Å²) in [6.45, 7) is -0.125. The summed E-state index contributed by atoms with van der Waals surface area (Å²) in [6.07, 6.45) is -5.75. The lowest BCUT2D eigenvalue weighted by Crippen LogP contribution is -2.64. The fourth-order valence-electron chi connectivity index (χ4n) is 4.69. The highest BCUT2D eigenvalue weighted by Crippen LogP contribution is 2.46. The molecule has 1 N–H and O–H groups in total. The number of nitrogens with one attached hydrogen (secondary N) is 1. The van der Waals surface area contributed by atoms with Gasteiger partial charge in [0, 0.05) is 11.3 Å². The lowest BCUT2D eigenvalue weighted by molar-refractivity contribution is -0.214. The number of esters is 3. The Balaban J connectivity index is 1.72.